The van der Waals surface area contributed by atoms with Crippen molar-refractivity contribution in [3.63, 3.8) is 0 Å². The third kappa shape index (κ3) is 2.45. The molecule has 1 amide bonds. The summed E-state index contributed by atoms with van der Waals surface area (Å²) < 4.78 is 5.68. The Morgan fingerprint density at radius 3 is 2.26 bits per heavy atom. The SMILES string of the molecule is O=C(O)[C@H]1[C@@H]2CC[C@@H](C2)N1C(=O)OCC1c2ccccc2-c2ccccc21. The highest BCUT2D eigenvalue weighted by molar-refractivity contribution is 5.82. The fourth-order valence-electron chi connectivity index (χ4n) is 5.24. The number of likely N-dealkylation sites (tertiary alicyclic amines) is 1. The standard InChI is InChI=1S/C22H21NO4/c24-21(25)20-13-9-10-14(11-13)23(20)22(26)27-12-19-17-7-3-1-5-15(17)16-6-2-4-8-18(16)19/h1-8,13-14,19-20H,9-12H2,(H,24,25)/t13-,14+,20-/m1/s1. The summed E-state index contributed by atoms with van der Waals surface area (Å²) in [6.07, 6.45) is 2.05. The van der Waals surface area contributed by atoms with Crippen LogP contribution in [0.4, 0.5) is 4.79 Å². The van der Waals surface area contributed by atoms with E-state index in [0.717, 1.165) is 30.4 Å². The van der Waals surface area contributed by atoms with E-state index in [4.69, 9.17) is 4.74 Å². The minimum atomic E-state index is -0.921. The van der Waals surface area contributed by atoms with Crippen LogP contribution in [-0.4, -0.2) is 40.8 Å². The number of hydrogen-bond acceptors (Lipinski definition) is 3. The third-order valence-corrected chi connectivity index (χ3v) is 6.39. The van der Waals surface area contributed by atoms with Crippen LogP contribution in [0.2, 0.25) is 0 Å². The Hall–Kier alpha value is -2.82. The van der Waals surface area contributed by atoms with Gasteiger partial charge in [0.2, 0.25) is 0 Å². The van der Waals surface area contributed by atoms with Crippen LogP contribution in [-0.2, 0) is 9.53 Å². The summed E-state index contributed by atoms with van der Waals surface area (Å²) in [5.74, 6) is -0.867. The molecule has 2 fully saturated rings. The maximum atomic E-state index is 12.8. The molecule has 0 aromatic heterocycles. The molecule has 0 radical (unpaired) electrons. The highest BCUT2D eigenvalue weighted by Gasteiger charge is 2.52. The van der Waals surface area contributed by atoms with Crippen molar-refractivity contribution in [1.29, 1.82) is 0 Å². The van der Waals surface area contributed by atoms with Gasteiger partial charge in [0.15, 0.2) is 0 Å². The first kappa shape index (κ1) is 16.4. The van der Waals surface area contributed by atoms with Crippen LogP contribution in [0.5, 0.6) is 0 Å². The number of carbonyl (C=O) groups excluding carboxylic acids is 1. The van der Waals surface area contributed by atoms with Crippen LogP contribution in [0.25, 0.3) is 11.1 Å². The quantitative estimate of drug-likeness (QED) is 0.899. The lowest BCUT2D eigenvalue weighted by atomic mass is 9.98. The van der Waals surface area contributed by atoms with Gasteiger partial charge in [-0.1, -0.05) is 48.5 Å². The average Bonchev–Trinajstić information content (AvgIpc) is 3.38. The predicted octanol–water partition coefficient (Wildman–Crippen LogP) is 3.87. The van der Waals surface area contributed by atoms with Crippen LogP contribution in [0, 0.1) is 5.92 Å². The number of hydrogen-bond donors (Lipinski definition) is 1. The van der Waals surface area contributed by atoms with Crippen LogP contribution in [0.1, 0.15) is 36.3 Å². The average molecular weight is 363 g/mol. The number of ether oxygens (including phenoxy) is 1. The Morgan fingerprint density at radius 1 is 1.00 bits per heavy atom. The van der Waals surface area contributed by atoms with E-state index < -0.39 is 18.1 Å². The van der Waals surface area contributed by atoms with E-state index in [-0.39, 0.29) is 24.5 Å². The number of aliphatic carboxylic acids is 1. The van der Waals surface area contributed by atoms with Crippen molar-refractivity contribution in [2.24, 2.45) is 5.92 Å². The molecule has 2 aromatic rings. The molecule has 1 heterocycles. The van der Waals surface area contributed by atoms with Gasteiger partial charge in [-0.05, 0) is 47.4 Å². The lowest BCUT2D eigenvalue weighted by molar-refractivity contribution is -0.144. The molecular formula is C22H21NO4. The van der Waals surface area contributed by atoms with E-state index in [1.54, 1.807) is 0 Å². The molecule has 27 heavy (non-hydrogen) atoms. The van der Waals surface area contributed by atoms with Gasteiger partial charge in [-0.25, -0.2) is 9.59 Å². The molecule has 5 heteroatoms. The number of carboxylic acids is 1. The highest BCUT2D eigenvalue weighted by atomic mass is 16.6. The highest BCUT2D eigenvalue weighted by Crippen LogP contribution is 2.45. The Kier molecular flexibility index (Phi) is 3.71. The molecule has 0 unspecified atom stereocenters. The van der Waals surface area contributed by atoms with Crippen molar-refractivity contribution in [2.75, 3.05) is 6.61 Å². The van der Waals surface area contributed by atoms with Gasteiger partial charge in [0.1, 0.15) is 12.6 Å². The van der Waals surface area contributed by atoms with Crippen LogP contribution < -0.4 is 0 Å². The Morgan fingerprint density at radius 2 is 1.63 bits per heavy atom. The first-order chi connectivity index (χ1) is 13.1. The maximum absolute atomic E-state index is 12.8. The summed E-state index contributed by atoms with van der Waals surface area (Å²) in [7, 11) is 0. The normalized spacial score (nSPS) is 25.3. The molecular weight excluding hydrogens is 342 g/mol. The van der Waals surface area contributed by atoms with Crippen molar-refractivity contribution >= 4 is 12.1 Å². The summed E-state index contributed by atoms with van der Waals surface area (Å²) >= 11 is 0. The molecule has 3 aliphatic rings. The summed E-state index contributed by atoms with van der Waals surface area (Å²) in [6.45, 7) is 0.229. The second-order valence-electron chi connectivity index (χ2n) is 7.72. The zero-order chi connectivity index (χ0) is 18.5. The fraction of sp³-hybridized carbons (Fsp3) is 0.364. The predicted molar refractivity (Wildman–Crippen MR) is 99.5 cm³/mol. The molecule has 138 valence electrons. The van der Waals surface area contributed by atoms with Crippen molar-refractivity contribution in [3.05, 3.63) is 59.7 Å². The molecule has 5 rings (SSSR count). The maximum Gasteiger partial charge on any atom is 0.410 e. The van der Waals surface area contributed by atoms with E-state index >= 15 is 0 Å². The first-order valence-corrected chi connectivity index (χ1v) is 9.51. The summed E-state index contributed by atoms with van der Waals surface area (Å²) in [6, 6.07) is 15.6. The van der Waals surface area contributed by atoms with Crippen LogP contribution in [0.15, 0.2) is 48.5 Å². The number of benzene rings is 2. The molecule has 2 aliphatic carbocycles. The van der Waals surface area contributed by atoms with Gasteiger partial charge in [0.05, 0.1) is 0 Å². The molecule has 5 nitrogen and oxygen atoms in total. The zero-order valence-electron chi connectivity index (χ0n) is 14.9. The zero-order valence-corrected chi connectivity index (χ0v) is 14.9. The van der Waals surface area contributed by atoms with E-state index in [1.165, 1.54) is 16.0 Å². The van der Waals surface area contributed by atoms with E-state index in [2.05, 4.69) is 24.3 Å². The van der Waals surface area contributed by atoms with Gasteiger partial charge in [-0.3, -0.25) is 4.90 Å². The number of carboxylic acid groups (broad SMARTS) is 1. The van der Waals surface area contributed by atoms with E-state index in [9.17, 15) is 14.7 Å². The van der Waals surface area contributed by atoms with Crippen LogP contribution >= 0.6 is 0 Å². The topological polar surface area (TPSA) is 66.8 Å². The smallest absolute Gasteiger partial charge is 0.410 e. The minimum absolute atomic E-state index is 0.00625. The molecule has 0 spiro atoms. The molecule has 1 saturated carbocycles. The van der Waals surface area contributed by atoms with Crippen LogP contribution in [0.3, 0.4) is 0 Å². The monoisotopic (exact) mass is 363 g/mol. The van der Waals surface area contributed by atoms with Gasteiger partial charge in [-0.2, -0.15) is 0 Å². The number of fused-ring (bicyclic) bond motifs is 5. The first-order valence-electron chi connectivity index (χ1n) is 9.51. The lowest BCUT2D eigenvalue weighted by Crippen LogP contribution is -2.49. The van der Waals surface area contributed by atoms with Gasteiger partial charge < -0.3 is 9.84 Å². The van der Waals surface area contributed by atoms with Gasteiger partial charge in [-0.15, -0.1) is 0 Å². The fourth-order valence-corrected chi connectivity index (χ4v) is 5.24. The second kappa shape index (κ2) is 6.12. The third-order valence-electron chi connectivity index (χ3n) is 6.39. The molecule has 1 saturated heterocycles. The number of piperidine rings is 1. The largest absolute Gasteiger partial charge is 0.480 e. The van der Waals surface area contributed by atoms with Crippen molar-refractivity contribution < 1.29 is 19.4 Å². The van der Waals surface area contributed by atoms with E-state index in [0.29, 0.717) is 0 Å². The molecule has 2 bridgehead atoms. The van der Waals surface area contributed by atoms with E-state index in [1.807, 2.05) is 24.3 Å². The Labute approximate surface area is 157 Å². The summed E-state index contributed by atoms with van der Waals surface area (Å²) in [5, 5.41) is 9.55. The minimum Gasteiger partial charge on any atom is -0.480 e. The van der Waals surface area contributed by atoms with Crippen molar-refractivity contribution in [3.8, 4) is 11.1 Å². The van der Waals surface area contributed by atoms with Gasteiger partial charge in [0.25, 0.3) is 0 Å². The molecule has 1 aliphatic heterocycles. The number of rotatable bonds is 3. The molecule has 2 aromatic carbocycles. The van der Waals surface area contributed by atoms with Gasteiger partial charge in [0, 0.05) is 12.0 Å². The molecule has 3 atom stereocenters. The number of carbonyl (C=O) groups is 2. The summed E-state index contributed by atoms with van der Waals surface area (Å²) in [4.78, 5) is 25.9. The molecule has 1 N–H and O–H groups in total. The second-order valence-corrected chi connectivity index (χ2v) is 7.72. The van der Waals surface area contributed by atoms with Gasteiger partial charge >= 0.3 is 12.1 Å². The lowest BCUT2D eigenvalue weighted by Gasteiger charge is -2.32. The number of nitrogens with zero attached hydrogens (tertiary/aromatic N) is 1. The Balaban J connectivity index is 1.37. The van der Waals surface area contributed by atoms with Crippen molar-refractivity contribution in [2.45, 2.75) is 37.3 Å². The number of amides is 1. The summed E-state index contributed by atoms with van der Waals surface area (Å²) in [5.41, 5.74) is 4.67. The Bertz CT molecular complexity index is 879. The van der Waals surface area contributed by atoms with Crippen molar-refractivity contribution in [1.82, 2.24) is 4.90 Å².